The van der Waals surface area contributed by atoms with Crippen LogP contribution in [0.4, 0.5) is 0 Å². The van der Waals surface area contributed by atoms with E-state index in [1.54, 1.807) is 0 Å². The van der Waals surface area contributed by atoms with Gasteiger partial charge in [0.1, 0.15) is 0 Å². The van der Waals surface area contributed by atoms with Crippen LogP contribution in [-0.4, -0.2) is 15.1 Å². The Labute approximate surface area is 78.5 Å². The van der Waals surface area contributed by atoms with Crippen LogP contribution in [0.15, 0.2) is 12.7 Å². The van der Waals surface area contributed by atoms with E-state index in [9.17, 15) is 0 Å². The molecule has 0 radical (unpaired) electrons. The van der Waals surface area contributed by atoms with Crippen LogP contribution in [0, 0.1) is 0 Å². The van der Waals surface area contributed by atoms with E-state index < -0.39 is 9.04 Å². The van der Waals surface area contributed by atoms with Gasteiger partial charge in [0.25, 0.3) is 0 Å². The van der Waals surface area contributed by atoms with E-state index in [0.717, 1.165) is 0 Å². The lowest BCUT2D eigenvalue weighted by molar-refractivity contribution is 0.260. The zero-order chi connectivity index (χ0) is 9.72. The maximum Gasteiger partial charge on any atom is 0.182 e. The first-order valence-corrected chi connectivity index (χ1v) is 6.57. The fraction of sp³-hybridized carbons (Fsp3) is 0.800. The van der Waals surface area contributed by atoms with E-state index in [2.05, 4.69) is 41.2 Å². The van der Waals surface area contributed by atoms with Gasteiger partial charge in [-0.05, 0) is 18.0 Å². The molecule has 1 atom stereocenters. The first-order chi connectivity index (χ1) is 5.49. The highest BCUT2D eigenvalue weighted by Gasteiger charge is 2.21. The Morgan fingerprint density at radius 3 is 1.75 bits per heavy atom. The van der Waals surface area contributed by atoms with Gasteiger partial charge in [-0.2, -0.15) is 0 Å². The summed E-state index contributed by atoms with van der Waals surface area (Å²) in [5, 5.41) is 0. The summed E-state index contributed by atoms with van der Waals surface area (Å²) in [6, 6.07) is 0. The zero-order valence-electron chi connectivity index (χ0n) is 9.00. The normalized spacial score (nSPS) is 14.3. The summed E-state index contributed by atoms with van der Waals surface area (Å²) in [4.78, 5) is 0. The standard InChI is InChI=1S/C10H22OSi/c1-7-10(6)11-12(8(2)3)9(4)5/h7-10,12H,1H2,2-6H3. The average molecular weight is 186 g/mol. The van der Waals surface area contributed by atoms with E-state index >= 15 is 0 Å². The smallest absolute Gasteiger partial charge is 0.182 e. The largest absolute Gasteiger partial charge is 0.414 e. The number of rotatable bonds is 5. The van der Waals surface area contributed by atoms with Gasteiger partial charge in [-0.15, -0.1) is 6.58 Å². The van der Waals surface area contributed by atoms with Gasteiger partial charge >= 0.3 is 0 Å². The van der Waals surface area contributed by atoms with Gasteiger partial charge in [-0.3, -0.25) is 0 Å². The Bertz CT molecular complexity index is 124. The minimum absolute atomic E-state index is 0.228. The Morgan fingerprint density at radius 1 is 1.08 bits per heavy atom. The summed E-state index contributed by atoms with van der Waals surface area (Å²) in [7, 11) is -1.03. The predicted molar refractivity (Wildman–Crippen MR) is 58.1 cm³/mol. The fourth-order valence-electron chi connectivity index (χ4n) is 1.39. The maximum atomic E-state index is 5.94. The molecule has 0 aliphatic rings. The molecule has 1 nitrogen and oxygen atoms in total. The Kier molecular flexibility index (Phi) is 5.50. The third-order valence-corrected chi connectivity index (χ3v) is 5.39. The first-order valence-electron chi connectivity index (χ1n) is 4.77. The Morgan fingerprint density at radius 2 is 1.50 bits per heavy atom. The average Bonchev–Trinajstić information content (AvgIpc) is 1.98. The van der Waals surface area contributed by atoms with Gasteiger partial charge < -0.3 is 4.43 Å². The summed E-state index contributed by atoms with van der Waals surface area (Å²) < 4.78 is 5.94. The van der Waals surface area contributed by atoms with Crippen molar-refractivity contribution in [3.8, 4) is 0 Å². The molecule has 0 aliphatic heterocycles. The van der Waals surface area contributed by atoms with Gasteiger partial charge in [-0.1, -0.05) is 33.8 Å². The molecule has 0 bridgehead atoms. The van der Waals surface area contributed by atoms with Crippen molar-refractivity contribution in [2.24, 2.45) is 0 Å². The number of hydrogen-bond donors (Lipinski definition) is 0. The summed E-state index contributed by atoms with van der Waals surface area (Å²) in [6.45, 7) is 14.8. The molecule has 0 aromatic heterocycles. The Hall–Kier alpha value is -0.0831. The van der Waals surface area contributed by atoms with Gasteiger partial charge in [0.05, 0.1) is 6.10 Å². The summed E-state index contributed by atoms with van der Waals surface area (Å²) in [6.07, 6.45) is 2.11. The molecule has 0 heterocycles. The molecule has 0 N–H and O–H groups in total. The highest BCUT2D eigenvalue weighted by molar-refractivity contribution is 6.55. The molecule has 0 fully saturated rings. The van der Waals surface area contributed by atoms with Crippen LogP contribution in [0.2, 0.25) is 11.1 Å². The van der Waals surface area contributed by atoms with Crippen molar-refractivity contribution in [2.75, 3.05) is 0 Å². The van der Waals surface area contributed by atoms with E-state index in [0.29, 0.717) is 11.1 Å². The summed E-state index contributed by atoms with van der Waals surface area (Å²) >= 11 is 0. The summed E-state index contributed by atoms with van der Waals surface area (Å²) in [5.74, 6) is 0. The van der Waals surface area contributed by atoms with Crippen LogP contribution in [0.5, 0.6) is 0 Å². The third kappa shape index (κ3) is 4.07. The van der Waals surface area contributed by atoms with Crippen molar-refractivity contribution in [2.45, 2.75) is 51.8 Å². The topological polar surface area (TPSA) is 9.23 Å². The van der Waals surface area contributed by atoms with E-state index in [1.165, 1.54) is 0 Å². The molecule has 0 aromatic carbocycles. The molecule has 0 saturated heterocycles. The highest BCUT2D eigenvalue weighted by Crippen LogP contribution is 2.22. The molecule has 0 amide bonds. The van der Waals surface area contributed by atoms with Crippen molar-refractivity contribution in [1.29, 1.82) is 0 Å². The molecule has 0 spiro atoms. The predicted octanol–water partition coefficient (Wildman–Crippen LogP) is 3.12. The number of hydrogen-bond acceptors (Lipinski definition) is 1. The second-order valence-electron chi connectivity index (χ2n) is 4.03. The van der Waals surface area contributed by atoms with Crippen molar-refractivity contribution < 1.29 is 4.43 Å². The van der Waals surface area contributed by atoms with Crippen LogP contribution in [0.3, 0.4) is 0 Å². The van der Waals surface area contributed by atoms with Gasteiger partial charge in [0.15, 0.2) is 9.04 Å². The second-order valence-corrected chi connectivity index (χ2v) is 7.90. The maximum absolute atomic E-state index is 5.94. The molecule has 72 valence electrons. The van der Waals surface area contributed by atoms with Crippen LogP contribution < -0.4 is 0 Å². The van der Waals surface area contributed by atoms with Crippen LogP contribution >= 0.6 is 0 Å². The van der Waals surface area contributed by atoms with Crippen molar-refractivity contribution in [3.05, 3.63) is 12.7 Å². The quantitative estimate of drug-likeness (QED) is 0.473. The fourth-order valence-corrected chi connectivity index (χ4v) is 4.16. The van der Waals surface area contributed by atoms with Gasteiger partial charge in [-0.25, -0.2) is 0 Å². The first kappa shape index (κ1) is 11.9. The molecule has 12 heavy (non-hydrogen) atoms. The second kappa shape index (κ2) is 5.54. The zero-order valence-corrected chi connectivity index (χ0v) is 10.2. The van der Waals surface area contributed by atoms with Crippen LogP contribution in [0.25, 0.3) is 0 Å². The van der Waals surface area contributed by atoms with Crippen molar-refractivity contribution in [3.63, 3.8) is 0 Å². The lowest BCUT2D eigenvalue weighted by Gasteiger charge is -2.25. The van der Waals surface area contributed by atoms with E-state index in [-0.39, 0.29) is 6.10 Å². The van der Waals surface area contributed by atoms with E-state index in [4.69, 9.17) is 4.43 Å². The molecule has 1 unspecified atom stereocenters. The minimum Gasteiger partial charge on any atom is -0.414 e. The van der Waals surface area contributed by atoms with Crippen molar-refractivity contribution >= 4 is 9.04 Å². The highest BCUT2D eigenvalue weighted by atomic mass is 28.3. The molecule has 0 aromatic rings. The van der Waals surface area contributed by atoms with Gasteiger partial charge in [0, 0.05) is 0 Å². The molecule has 0 saturated carbocycles. The summed E-state index contributed by atoms with van der Waals surface area (Å²) in [5.41, 5.74) is 1.43. The van der Waals surface area contributed by atoms with E-state index in [1.807, 2.05) is 6.08 Å². The van der Waals surface area contributed by atoms with Crippen LogP contribution in [0.1, 0.15) is 34.6 Å². The monoisotopic (exact) mass is 186 g/mol. The SMILES string of the molecule is C=CC(C)O[SiH](C(C)C)C(C)C. The van der Waals surface area contributed by atoms with Crippen LogP contribution in [-0.2, 0) is 4.43 Å². The third-order valence-electron chi connectivity index (χ3n) is 2.02. The minimum atomic E-state index is -1.03. The molecule has 2 heteroatoms. The Balaban J connectivity index is 4.04. The molecular weight excluding hydrogens is 164 g/mol. The lowest BCUT2D eigenvalue weighted by atomic mass is 10.4. The lowest BCUT2D eigenvalue weighted by Crippen LogP contribution is -2.29. The molecule has 0 rings (SSSR count). The molecular formula is C10H22OSi. The van der Waals surface area contributed by atoms with Crippen molar-refractivity contribution in [1.82, 2.24) is 0 Å². The van der Waals surface area contributed by atoms with Gasteiger partial charge in [0.2, 0.25) is 0 Å². The molecule has 0 aliphatic carbocycles.